The van der Waals surface area contributed by atoms with Gasteiger partial charge in [-0.3, -0.25) is 0 Å². The summed E-state index contributed by atoms with van der Waals surface area (Å²) in [5, 5.41) is 3.54. The van der Waals surface area contributed by atoms with Gasteiger partial charge in [0, 0.05) is 28.5 Å². The summed E-state index contributed by atoms with van der Waals surface area (Å²) >= 11 is 0. The van der Waals surface area contributed by atoms with Crippen molar-refractivity contribution in [1.29, 1.82) is 0 Å². The summed E-state index contributed by atoms with van der Waals surface area (Å²) in [5.74, 6) is 0.305. The molecular weight excluding hydrogens is 235 g/mol. The molecule has 18 heavy (non-hydrogen) atoms. The molecule has 1 aromatic rings. The third-order valence-electron chi connectivity index (χ3n) is 3.03. The maximum absolute atomic E-state index is 13.5. The molecule has 1 aromatic carbocycles. The average molecular weight is 250 g/mol. The Bertz CT molecular complexity index is 525. The number of azide groups is 1. The first-order valence-electron chi connectivity index (χ1n) is 5.73. The second-order valence-electron chi connectivity index (χ2n) is 4.89. The molecule has 0 fully saturated rings. The van der Waals surface area contributed by atoms with Gasteiger partial charge in [-0.2, -0.15) is 0 Å². The number of rotatable bonds is 3. The fourth-order valence-electron chi connectivity index (χ4n) is 2.22. The first kappa shape index (κ1) is 12.7. The Kier molecular flexibility index (Phi) is 3.15. The highest BCUT2D eigenvalue weighted by Crippen LogP contribution is 2.40. The average Bonchev–Trinajstić information content (AvgIpc) is 2.62. The summed E-state index contributed by atoms with van der Waals surface area (Å²) in [4.78, 5) is 2.73. The monoisotopic (exact) mass is 250 g/mol. The predicted octanol–water partition coefficient (Wildman–Crippen LogP) is 2.85. The van der Waals surface area contributed by atoms with E-state index in [9.17, 15) is 4.39 Å². The second kappa shape index (κ2) is 4.48. The van der Waals surface area contributed by atoms with E-state index in [2.05, 4.69) is 10.0 Å². The van der Waals surface area contributed by atoms with E-state index in [4.69, 9.17) is 16.0 Å². The molecule has 0 amide bonds. The SMILES string of the molecule is CC(N)c1cc(F)cc2c1OC(C)(CN=[N+]=[N-])C2. The van der Waals surface area contributed by atoms with Crippen LogP contribution in [-0.2, 0) is 6.42 Å². The van der Waals surface area contributed by atoms with Crippen molar-refractivity contribution >= 4 is 0 Å². The number of halogens is 1. The Morgan fingerprint density at radius 2 is 2.39 bits per heavy atom. The highest BCUT2D eigenvalue weighted by Gasteiger charge is 2.36. The molecule has 0 radical (unpaired) electrons. The van der Waals surface area contributed by atoms with Crippen molar-refractivity contribution in [2.24, 2.45) is 10.8 Å². The largest absolute Gasteiger partial charge is 0.486 e. The fourth-order valence-corrected chi connectivity index (χ4v) is 2.22. The molecule has 0 aliphatic carbocycles. The minimum Gasteiger partial charge on any atom is -0.486 e. The zero-order valence-corrected chi connectivity index (χ0v) is 10.4. The van der Waals surface area contributed by atoms with E-state index in [-0.39, 0.29) is 18.4 Å². The standard InChI is InChI=1S/C12H15FN4O/c1-7(14)10-4-9(13)3-8-5-12(2,6-16-17-15)18-11(8)10/h3-4,7H,5-6,14H2,1-2H3. The van der Waals surface area contributed by atoms with Crippen LogP contribution in [0.5, 0.6) is 5.75 Å². The van der Waals surface area contributed by atoms with Crippen LogP contribution in [0.2, 0.25) is 0 Å². The van der Waals surface area contributed by atoms with Gasteiger partial charge in [0.15, 0.2) is 0 Å². The Hall–Kier alpha value is -1.78. The summed E-state index contributed by atoms with van der Waals surface area (Å²) in [6, 6.07) is 2.53. The van der Waals surface area contributed by atoms with Crippen LogP contribution in [0.25, 0.3) is 10.4 Å². The van der Waals surface area contributed by atoms with Gasteiger partial charge in [-0.15, -0.1) is 0 Å². The van der Waals surface area contributed by atoms with Gasteiger partial charge in [0.1, 0.15) is 17.2 Å². The maximum Gasteiger partial charge on any atom is 0.128 e. The van der Waals surface area contributed by atoms with Gasteiger partial charge in [0.2, 0.25) is 0 Å². The molecule has 6 heteroatoms. The lowest BCUT2D eigenvalue weighted by Gasteiger charge is -2.22. The normalized spacial score (nSPS) is 22.9. The van der Waals surface area contributed by atoms with Crippen LogP contribution in [0.15, 0.2) is 17.2 Å². The number of hydrogen-bond acceptors (Lipinski definition) is 3. The molecule has 96 valence electrons. The molecule has 2 unspecified atom stereocenters. The Labute approximate surface area is 104 Å². The summed E-state index contributed by atoms with van der Waals surface area (Å²) < 4.78 is 19.3. The zero-order chi connectivity index (χ0) is 13.3. The van der Waals surface area contributed by atoms with Gasteiger partial charge >= 0.3 is 0 Å². The molecule has 5 nitrogen and oxygen atoms in total. The van der Waals surface area contributed by atoms with Crippen molar-refractivity contribution in [3.63, 3.8) is 0 Å². The minimum atomic E-state index is -0.619. The van der Waals surface area contributed by atoms with Crippen molar-refractivity contribution in [3.05, 3.63) is 39.5 Å². The molecule has 0 bridgehead atoms. The van der Waals surface area contributed by atoms with Gasteiger partial charge in [-0.25, -0.2) is 4.39 Å². The topological polar surface area (TPSA) is 84.0 Å². The molecule has 1 heterocycles. The third-order valence-corrected chi connectivity index (χ3v) is 3.03. The number of fused-ring (bicyclic) bond motifs is 1. The van der Waals surface area contributed by atoms with Gasteiger partial charge in [-0.05, 0) is 31.5 Å². The highest BCUT2D eigenvalue weighted by atomic mass is 19.1. The maximum atomic E-state index is 13.5. The van der Waals surface area contributed by atoms with Crippen LogP contribution in [0, 0.1) is 5.82 Å². The summed E-state index contributed by atoms with van der Waals surface area (Å²) in [6.07, 6.45) is 0.513. The fraction of sp³-hybridized carbons (Fsp3) is 0.500. The Balaban J connectivity index is 2.39. The van der Waals surface area contributed by atoms with Crippen LogP contribution in [0.3, 0.4) is 0 Å². The lowest BCUT2D eigenvalue weighted by Crippen LogP contribution is -2.33. The van der Waals surface area contributed by atoms with Gasteiger partial charge in [-0.1, -0.05) is 5.11 Å². The van der Waals surface area contributed by atoms with E-state index in [1.807, 2.05) is 6.92 Å². The number of nitrogens with two attached hydrogens (primary N) is 1. The van der Waals surface area contributed by atoms with E-state index < -0.39 is 5.60 Å². The van der Waals surface area contributed by atoms with Gasteiger partial charge < -0.3 is 10.5 Å². The zero-order valence-electron chi connectivity index (χ0n) is 10.4. The molecule has 2 N–H and O–H groups in total. The lowest BCUT2D eigenvalue weighted by molar-refractivity contribution is 0.124. The van der Waals surface area contributed by atoms with Crippen molar-refractivity contribution in [2.45, 2.75) is 31.9 Å². The van der Waals surface area contributed by atoms with Crippen molar-refractivity contribution in [3.8, 4) is 5.75 Å². The lowest BCUT2D eigenvalue weighted by atomic mass is 9.97. The summed E-state index contributed by atoms with van der Waals surface area (Å²) in [6.45, 7) is 3.82. The van der Waals surface area contributed by atoms with E-state index in [0.717, 1.165) is 5.56 Å². The Morgan fingerprint density at radius 1 is 1.67 bits per heavy atom. The minimum absolute atomic E-state index is 0.207. The number of nitrogens with zero attached hydrogens (tertiary/aromatic N) is 3. The van der Waals surface area contributed by atoms with Crippen LogP contribution < -0.4 is 10.5 Å². The first-order valence-corrected chi connectivity index (χ1v) is 5.73. The molecule has 1 aliphatic heterocycles. The molecule has 0 aromatic heterocycles. The number of ether oxygens (including phenoxy) is 1. The smallest absolute Gasteiger partial charge is 0.128 e. The highest BCUT2D eigenvalue weighted by molar-refractivity contribution is 5.47. The van der Waals surface area contributed by atoms with E-state index >= 15 is 0 Å². The van der Waals surface area contributed by atoms with Crippen LogP contribution in [0.4, 0.5) is 4.39 Å². The predicted molar refractivity (Wildman–Crippen MR) is 65.8 cm³/mol. The van der Waals surface area contributed by atoms with Crippen LogP contribution in [-0.4, -0.2) is 12.1 Å². The molecule has 2 rings (SSSR count). The molecule has 0 spiro atoms. The molecule has 0 saturated carbocycles. The molecule has 2 atom stereocenters. The van der Waals surface area contributed by atoms with Crippen molar-refractivity contribution in [2.75, 3.05) is 6.54 Å². The number of benzene rings is 1. The van der Waals surface area contributed by atoms with Crippen molar-refractivity contribution in [1.82, 2.24) is 0 Å². The van der Waals surface area contributed by atoms with E-state index in [0.29, 0.717) is 17.7 Å². The summed E-state index contributed by atoms with van der Waals surface area (Å²) in [5.41, 5.74) is 15.0. The second-order valence-corrected chi connectivity index (χ2v) is 4.89. The third kappa shape index (κ3) is 2.25. The molecule has 0 saturated heterocycles. The first-order chi connectivity index (χ1) is 8.45. The van der Waals surface area contributed by atoms with Crippen LogP contribution >= 0.6 is 0 Å². The van der Waals surface area contributed by atoms with Crippen LogP contribution in [0.1, 0.15) is 31.0 Å². The van der Waals surface area contributed by atoms with Gasteiger partial charge in [0.05, 0.1) is 6.54 Å². The molecular formula is C12H15FN4O. The molecule has 1 aliphatic rings. The van der Waals surface area contributed by atoms with Crippen molar-refractivity contribution < 1.29 is 9.13 Å². The number of hydrogen-bond donors (Lipinski definition) is 1. The van der Waals surface area contributed by atoms with E-state index in [1.54, 1.807) is 6.92 Å². The Morgan fingerprint density at radius 3 is 3.00 bits per heavy atom. The quantitative estimate of drug-likeness (QED) is 0.508. The summed E-state index contributed by atoms with van der Waals surface area (Å²) in [7, 11) is 0. The van der Waals surface area contributed by atoms with Gasteiger partial charge in [0.25, 0.3) is 0 Å². The van der Waals surface area contributed by atoms with E-state index in [1.165, 1.54) is 12.1 Å².